The molecule has 9 nitrogen and oxygen atoms in total. The lowest BCUT2D eigenvalue weighted by atomic mass is 9.88. The van der Waals surface area contributed by atoms with Crippen LogP contribution in [0.4, 0.5) is 132 Å². The van der Waals surface area contributed by atoms with Gasteiger partial charge in [0, 0.05) is 25.0 Å². The number of esters is 3. The molecule has 0 fully saturated rings. The maximum atomic E-state index is 15.2. The third-order valence-electron chi connectivity index (χ3n) is 13.4. The van der Waals surface area contributed by atoms with Gasteiger partial charge in [-0.3, -0.25) is 4.79 Å². The van der Waals surface area contributed by atoms with Gasteiger partial charge < -0.3 is 28.1 Å². The Morgan fingerprint density at radius 1 is 0.477 bits per heavy atom. The smallest absolute Gasteiger partial charge is 0.460 e. The van der Waals surface area contributed by atoms with Gasteiger partial charge in [-0.05, 0) is 74.2 Å². The third kappa shape index (κ3) is 15.3. The Balaban J connectivity index is 2.40. The number of cyclic esters (lactones) is 3. The maximum absolute atomic E-state index is 15.2. The number of hydrogen-bond donors (Lipinski definition) is 0. The van der Waals surface area contributed by atoms with Gasteiger partial charge in [0.2, 0.25) is 0 Å². The summed E-state index contributed by atoms with van der Waals surface area (Å²) in [5.41, 5.74) is -2.25. The lowest BCUT2D eigenvalue weighted by Crippen LogP contribution is -2.74. The number of carbonyl (C=O) groups excluding carboxylic acids is 3. The van der Waals surface area contributed by atoms with Crippen molar-refractivity contribution in [1.82, 2.24) is 0 Å². The summed E-state index contributed by atoms with van der Waals surface area (Å²) in [4.78, 5) is 39.0. The predicted octanol–water partition coefficient (Wildman–Crippen LogP) is 16.3. The van der Waals surface area contributed by atoms with Gasteiger partial charge in [0.15, 0.2) is 8.32 Å². The predicted molar refractivity (Wildman–Crippen MR) is 241 cm³/mol. The molecule has 0 saturated carbocycles. The summed E-state index contributed by atoms with van der Waals surface area (Å²) in [5.74, 6) is -100. The van der Waals surface area contributed by atoms with Crippen molar-refractivity contribution < 1.29 is 174 Å². The standard InChI is InChI=1S/C48H50F30O9Si/c1-23(2)88(24(3)4,20-18-36(51,52)38(55,56)40(59,60)43(65,66)45(69,70)47(73,74)75)87-31-14-16-32(79)84-25(5)21-34(81)86-26(6)30(13-15-33(80)85-27(31)7)83-22-28-9-11-29(12-10-28)82-19-8-17-35(49,50)37(53,54)39(57,58)41(61,62)42(63,64)44(67,68)46(71,72)48(76,77)78/h9-16,23-27,30-31H,8,17-22H2,1-7H3/b15-13+,16-14+/t25-,26-,27+,30+,31-/m0/s1. The average molecular weight is 1370 g/mol. The van der Waals surface area contributed by atoms with Gasteiger partial charge in [0.1, 0.15) is 36.3 Å². The van der Waals surface area contributed by atoms with Crippen molar-refractivity contribution in [3.05, 3.63) is 54.1 Å². The van der Waals surface area contributed by atoms with Crippen molar-refractivity contribution in [2.24, 2.45) is 0 Å². The Morgan fingerprint density at radius 3 is 1.25 bits per heavy atom. The molecule has 0 radical (unpaired) electrons. The molecule has 0 aromatic heterocycles. The van der Waals surface area contributed by atoms with E-state index in [0.717, 1.165) is 57.2 Å². The molecule has 510 valence electrons. The van der Waals surface area contributed by atoms with E-state index in [0.29, 0.717) is 12.2 Å². The van der Waals surface area contributed by atoms with Gasteiger partial charge in [0.25, 0.3) is 0 Å². The molecule has 5 atom stereocenters. The Hall–Kier alpha value is -5.05. The van der Waals surface area contributed by atoms with Gasteiger partial charge in [-0.15, -0.1) is 0 Å². The van der Waals surface area contributed by atoms with E-state index in [1.165, 1.54) is 27.7 Å². The first-order valence-corrected chi connectivity index (χ1v) is 27.0. The Kier molecular flexibility index (Phi) is 23.9. The zero-order valence-corrected chi connectivity index (χ0v) is 46.6. The first-order chi connectivity index (χ1) is 39.1. The van der Waals surface area contributed by atoms with Crippen LogP contribution < -0.4 is 4.74 Å². The third-order valence-corrected chi connectivity index (χ3v) is 19.0. The Bertz CT molecular complexity index is 2580. The molecule has 0 N–H and O–H groups in total. The fourth-order valence-corrected chi connectivity index (χ4v) is 12.6. The highest BCUT2D eigenvalue weighted by Gasteiger charge is 2.95. The second-order valence-corrected chi connectivity index (χ2v) is 25.3. The van der Waals surface area contributed by atoms with E-state index in [9.17, 15) is 137 Å². The van der Waals surface area contributed by atoms with E-state index in [1.807, 2.05) is 0 Å². The van der Waals surface area contributed by atoms with Crippen LogP contribution in [0.1, 0.15) is 79.7 Å². The number of hydrogen-bond acceptors (Lipinski definition) is 9. The van der Waals surface area contributed by atoms with Crippen molar-refractivity contribution in [1.29, 1.82) is 0 Å². The van der Waals surface area contributed by atoms with E-state index >= 15 is 8.78 Å². The number of benzene rings is 1. The second-order valence-electron chi connectivity index (χ2n) is 20.4. The lowest BCUT2D eigenvalue weighted by Gasteiger charge is -2.44. The van der Waals surface area contributed by atoms with Crippen molar-refractivity contribution in [2.45, 2.75) is 212 Å². The molecule has 40 heteroatoms. The van der Waals surface area contributed by atoms with Crippen LogP contribution >= 0.6 is 0 Å². The largest absolute Gasteiger partial charge is 0.494 e. The van der Waals surface area contributed by atoms with Crippen LogP contribution in [-0.4, -0.2) is 147 Å². The van der Waals surface area contributed by atoms with Crippen LogP contribution in [-0.2, 0) is 44.4 Å². The number of halogens is 30. The van der Waals surface area contributed by atoms with Gasteiger partial charge in [-0.25, -0.2) is 9.59 Å². The van der Waals surface area contributed by atoms with Crippen LogP contribution in [0.5, 0.6) is 5.75 Å². The molecule has 0 aliphatic carbocycles. The van der Waals surface area contributed by atoms with Gasteiger partial charge in [-0.1, -0.05) is 39.8 Å². The zero-order chi connectivity index (χ0) is 69.3. The molecule has 1 aliphatic rings. The summed E-state index contributed by atoms with van der Waals surface area (Å²) < 4.78 is 446. The topological polar surface area (TPSA) is 107 Å². The minimum absolute atomic E-state index is 0.0544. The molecule has 1 aromatic rings. The molecular weight excluding hydrogens is 1320 g/mol. The van der Waals surface area contributed by atoms with Crippen LogP contribution in [0.3, 0.4) is 0 Å². The number of ether oxygens (including phenoxy) is 5. The van der Waals surface area contributed by atoms with E-state index in [1.54, 1.807) is 0 Å². The SMILES string of the molecule is CC(C)[Si](CCC(F)(F)C(F)(F)C(F)(F)C(F)(F)C(F)(F)C(F)(F)F)(O[C@H]1/C=C/C(=O)O[C@@H](C)CC(=O)O[C@@H](C)[C@H](OCc2ccc(OCCCC(F)(F)C(F)(F)C(F)(F)C(F)(F)C(F)(F)C(F)(F)C(F)(F)C(F)(F)F)cc2)/C=C/C(=O)O[C@@H]1C)C(C)C. The van der Waals surface area contributed by atoms with Crippen LogP contribution in [0.2, 0.25) is 17.1 Å². The molecule has 1 aliphatic heterocycles. The monoisotopic (exact) mass is 1370 g/mol. The first-order valence-electron chi connectivity index (χ1n) is 24.8. The summed E-state index contributed by atoms with van der Waals surface area (Å²) in [7, 11) is -4.49. The zero-order valence-electron chi connectivity index (χ0n) is 45.6. The van der Waals surface area contributed by atoms with Crippen molar-refractivity contribution in [2.75, 3.05) is 6.61 Å². The molecule has 1 heterocycles. The fourth-order valence-electron chi connectivity index (χ4n) is 7.96. The molecule has 0 spiro atoms. The highest BCUT2D eigenvalue weighted by Crippen LogP contribution is 2.65. The van der Waals surface area contributed by atoms with E-state index < -0.39 is 202 Å². The molecular formula is C48H50F30O9Si. The number of rotatable bonds is 25. The van der Waals surface area contributed by atoms with Crippen LogP contribution in [0, 0.1) is 0 Å². The molecule has 0 bridgehead atoms. The van der Waals surface area contributed by atoms with E-state index in [4.69, 9.17) is 28.1 Å². The van der Waals surface area contributed by atoms with Crippen LogP contribution in [0.25, 0.3) is 0 Å². The number of carbonyl (C=O) groups is 3. The molecule has 88 heavy (non-hydrogen) atoms. The quantitative estimate of drug-likeness (QED) is 0.0311. The molecule has 0 amide bonds. The molecule has 0 saturated heterocycles. The maximum Gasteiger partial charge on any atom is 0.460 e. The molecule has 0 unspecified atom stereocenters. The number of alkyl halides is 30. The van der Waals surface area contributed by atoms with E-state index in [2.05, 4.69) is 0 Å². The highest BCUT2D eigenvalue weighted by atomic mass is 28.4. The van der Waals surface area contributed by atoms with Crippen molar-refractivity contribution in [3.63, 3.8) is 0 Å². The summed E-state index contributed by atoms with van der Waals surface area (Å²) >= 11 is 0. The summed E-state index contributed by atoms with van der Waals surface area (Å²) in [6.07, 6.45) is -28.6. The second kappa shape index (κ2) is 26.6. The molecule has 1 aromatic carbocycles. The summed E-state index contributed by atoms with van der Waals surface area (Å²) in [5, 5.41) is 0. The Morgan fingerprint density at radius 2 is 0.841 bits per heavy atom. The minimum atomic E-state index is -8.80. The van der Waals surface area contributed by atoms with Gasteiger partial charge in [0.05, 0.1) is 19.6 Å². The Labute approximate surface area is 478 Å². The average Bonchev–Trinajstić information content (AvgIpc) is 0.713. The van der Waals surface area contributed by atoms with E-state index in [-0.39, 0.29) is 5.56 Å². The summed E-state index contributed by atoms with van der Waals surface area (Å²) in [6, 6.07) is 2.46. The normalized spacial score (nSPS) is 21.7. The van der Waals surface area contributed by atoms with Gasteiger partial charge >= 0.3 is 101 Å². The van der Waals surface area contributed by atoms with Crippen molar-refractivity contribution in [3.8, 4) is 5.75 Å². The highest BCUT2D eigenvalue weighted by molar-refractivity contribution is 6.76. The fraction of sp³-hybridized carbons (Fsp3) is 0.729. The minimum Gasteiger partial charge on any atom is -0.494 e. The van der Waals surface area contributed by atoms with Gasteiger partial charge in [-0.2, -0.15) is 132 Å². The first kappa shape index (κ1) is 79.0. The molecule has 2 rings (SSSR count). The summed E-state index contributed by atoms with van der Waals surface area (Å²) in [6.45, 7) is 6.14. The van der Waals surface area contributed by atoms with Crippen molar-refractivity contribution >= 4 is 26.2 Å². The lowest BCUT2D eigenvalue weighted by molar-refractivity contribution is -0.461. The van der Waals surface area contributed by atoms with Crippen LogP contribution in [0.15, 0.2) is 48.6 Å².